The quantitative estimate of drug-likeness (QED) is 0.814. The molecule has 1 nitrogen and oxygen atoms in total. The fourth-order valence-electron chi connectivity index (χ4n) is 3.12. The molecular weight excluding hydrogens is 194 g/mol. The van der Waals surface area contributed by atoms with Gasteiger partial charge in [-0.2, -0.15) is 0 Å². The van der Waals surface area contributed by atoms with Gasteiger partial charge in [-0.1, -0.05) is 37.6 Å². The maximum Gasteiger partial charge on any atom is 0.0151 e. The molecule has 0 aliphatic heterocycles. The van der Waals surface area contributed by atoms with Crippen LogP contribution in [0, 0.1) is 5.92 Å². The SMILES string of the molecule is CCCC1CC1NC1Cc2ccccc2C1. The molecule has 16 heavy (non-hydrogen) atoms. The minimum atomic E-state index is 0.712. The van der Waals surface area contributed by atoms with Gasteiger partial charge in [0, 0.05) is 12.1 Å². The number of benzene rings is 1. The van der Waals surface area contributed by atoms with E-state index in [4.69, 9.17) is 0 Å². The Kier molecular flexibility index (Phi) is 2.72. The summed E-state index contributed by atoms with van der Waals surface area (Å²) < 4.78 is 0. The third-order valence-corrected chi connectivity index (χ3v) is 4.08. The van der Waals surface area contributed by atoms with Crippen LogP contribution in [0.25, 0.3) is 0 Å². The van der Waals surface area contributed by atoms with E-state index in [-0.39, 0.29) is 0 Å². The number of hydrogen-bond donors (Lipinski definition) is 1. The van der Waals surface area contributed by atoms with Gasteiger partial charge in [-0.15, -0.1) is 0 Å². The summed E-state index contributed by atoms with van der Waals surface area (Å²) in [7, 11) is 0. The van der Waals surface area contributed by atoms with Crippen molar-refractivity contribution in [2.24, 2.45) is 5.92 Å². The second-order valence-corrected chi connectivity index (χ2v) is 5.43. The van der Waals surface area contributed by atoms with Crippen LogP contribution in [0.3, 0.4) is 0 Å². The molecular formula is C15H21N. The Morgan fingerprint density at radius 1 is 1.19 bits per heavy atom. The first kappa shape index (κ1) is 10.3. The summed E-state index contributed by atoms with van der Waals surface area (Å²) in [5.41, 5.74) is 3.13. The van der Waals surface area contributed by atoms with E-state index in [9.17, 15) is 0 Å². The second kappa shape index (κ2) is 4.21. The third-order valence-electron chi connectivity index (χ3n) is 4.08. The van der Waals surface area contributed by atoms with Crippen LogP contribution < -0.4 is 5.32 Å². The van der Waals surface area contributed by atoms with Crippen molar-refractivity contribution in [1.82, 2.24) is 5.32 Å². The van der Waals surface area contributed by atoms with Crippen LogP contribution in [0.1, 0.15) is 37.3 Å². The highest BCUT2D eigenvalue weighted by Gasteiger charge is 2.38. The van der Waals surface area contributed by atoms with Crippen LogP contribution >= 0.6 is 0 Å². The molecule has 3 rings (SSSR count). The Morgan fingerprint density at radius 3 is 2.50 bits per heavy atom. The van der Waals surface area contributed by atoms with Crippen LogP contribution in [0.5, 0.6) is 0 Å². The molecule has 86 valence electrons. The standard InChI is InChI=1S/C15H21N/c1-2-5-13-10-15(13)16-14-8-11-6-3-4-7-12(11)9-14/h3-4,6-7,13-16H,2,5,8-10H2,1H3. The van der Waals surface area contributed by atoms with Gasteiger partial charge in [0.15, 0.2) is 0 Å². The van der Waals surface area contributed by atoms with Gasteiger partial charge in [0.05, 0.1) is 0 Å². The lowest BCUT2D eigenvalue weighted by atomic mass is 10.1. The Bertz CT molecular complexity index is 346. The molecule has 2 aliphatic rings. The minimum absolute atomic E-state index is 0.712. The summed E-state index contributed by atoms with van der Waals surface area (Å²) >= 11 is 0. The van der Waals surface area contributed by atoms with Gasteiger partial charge < -0.3 is 5.32 Å². The smallest absolute Gasteiger partial charge is 0.0151 e. The Hall–Kier alpha value is -0.820. The molecule has 0 saturated heterocycles. The van der Waals surface area contributed by atoms with Crippen LogP contribution in [0.15, 0.2) is 24.3 Å². The fraction of sp³-hybridized carbons (Fsp3) is 0.600. The zero-order valence-electron chi connectivity index (χ0n) is 10.1. The monoisotopic (exact) mass is 215 g/mol. The zero-order chi connectivity index (χ0) is 11.0. The minimum Gasteiger partial charge on any atom is -0.310 e. The highest BCUT2D eigenvalue weighted by atomic mass is 15.0. The average molecular weight is 215 g/mol. The second-order valence-electron chi connectivity index (χ2n) is 5.43. The number of hydrogen-bond acceptors (Lipinski definition) is 1. The first-order valence-electron chi connectivity index (χ1n) is 6.69. The van der Waals surface area contributed by atoms with Crippen LogP contribution in [0.4, 0.5) is 0 Å². The summed E-state index contributed by atoms with van der Waals surface area (Å²) in [5.74, 6) is 0.980. The lowest BCUT2D eigenvalue weighted by Crippen LogP contribution is -2.32. The number of rotatable bonds is 4. The molecule has 2 aliphatic carbocycles. The maximum atomic E-state index is 3.83. The van der Waals surface area contributed by atoms with E-state index >= 15 is 0 Å². The predicted octanol–water partition coefficient (Wildman–Crippen LogP) is 2.93. The van der Waals surface area contributed by atoms with E-state index in [0.29, 0.717) is 6.04 Å². The molecule has 1 aromatic rings. The molecule has 0 spiro atoms. The van der Waals surface area contributed by atoms with E-state index in [0.717, 1.165) is 12.0 Å². The first-order chi connectivity index (χ1) is 7.86. The molecule has 1 aromatic carbocycles. The van der Waals surface area contributed by atoms with Gasteiger partial charge in [-0.25, -0.2) is 0 Å². The zero-order valence-corrected chi connectivity index (χ0v) is 10.1. The molecule has 1 N–H and O–H groups in total. The van der Waals surface area contributed by atoms with Crippen LogP contribution in [0.2, 0.25) is 0 Å². The van der Waals surface area contributed by atoms with Gasteiger partial charge in [0.2, 0.25) is 0 Å². The van der Waals surface area contributed by atoms with Crippen LogP contribution in [-0.2, 0) is 12.8 Å². The Morgan fingerprint density at radius 2 is 1.88 bits per heavy atom. The highest BCUT2D eigenvalue weighted by molar-refractivity contribution is 5.33. The molecule has 0 amide bonds. The molecule has 1 heteroatoms. The molecule has 1 saturated carbocycles. The fourth-order valence-corrected chi connectivity index (χ4v) is 3.12. The lowest BCUT2D eigenvalue weighted by Gasteiger charge is -2.11. The van der Waals surface area contributed by atoms with E-state index in [1.807, 2.05) is 0 Å². The first-order valence-corrected chi connectivity index (χ1v) is 6.69. The van der Waals surface area contributed by atoms with E-state index in [2.05, 4.69) is 36.5 Å². The number of fused-ring (bicyclic) bond motifs is 1. The summed E-state index contributed by atoms with van der Waals surface area (Å²) in [5, 5.41) is 3.83. The Labute approximate surface area is 98.3 Å². The normalized spacial score (nSPS) is 28.1. The topological polar surface area (TPSA) is 12.0 Å². The van der Waals surface area contributed by atoms with Crippen molar-refractivity contribution in [3.05, 3.63) is 35.4 Å². The van der Waals surface area contributed by atoms with Crippen molar-refractivity contribution in [3.8, 4) is 0 Å². The molecule has 0 bridgehead atoms. The third kappa shape index (κ3) is 2.01. The van der Waals surface area contributed by atoms with Crippen molar-refractivity contribution in [1.29, 1.82) is 0 Å². The molecule has 2 unspecified atom stereocenters. The molecule has 0 aromatic heterocycles. The van der Waals surface area contributed by atoms with Gasteiger partial charge in [-0.3, -0.25) is 0 Å². The molecule has 2 atom stereocenters. The lowest BCUT2D eigenvalue weighted by molar-refractivity contribution is 0.501. The van der Waals surface area contributed by atoms with E-state index in [1.54, 1.807) is 11.1 Å². The highest BCUT2D eigenvalue weighted by Crippen LogP contribution is 2.36. The van der Waals surface area contributed by atoms with Crippen LogP contribution in [-0.4, -0.2) is 12.1 Å². The summed E-state index contributed by atoms with van der Waals surface area (Å²) in [6.07, 6.45) is 6.66. The van der Waals surface area contributed by atoms with Crippen molar-refractivity contribution < 1.29 is 0 Å². The van der Waals surface area contributed by atoms with Gasteiger partial charge in [0.1, 0.15) is 0 Å². The average Bonchev–Trinajstić information content (AvgIpc) is 2.88. The largest absolute Gasteiger partial charge is 0.310 e. The van der Waals surface area contributed by atoms with E-state index < -0.39 is 0 Å². The van der Waals surface area contributed by atoms with Crippen molar-refractivity contribution in [2.45, 2.75) is 51.1 Å². The van der Waals surface area contributed by atoms with Gasteiger partial charge in [-0.05, 0) is 42.7 Å². The maximum absolute atomic E-state index is 3.83. The Balaban J connectivity index is 1.53. The summed E-state index contributed by atoms with van der Waals surface area (Å²) in [6, 6.07) is 10.4. The molecule has 0 radical (unpaired) electrons. The van der Waals surface area contributed by atoms with E-state index in [1.165, 1.54) is 32.1 Å². The number of nitrogens with one attached hydrogen (secondary N) is 1. The summed E-state index contributed by atoms with van der Waals surface area (Å²) in [6.45, 7) is 2.29. The molecule has 0 heterocycles. The van der Waals surface area contributed by atoms with Crippen molar-refractivity contribution in [3.63, 3.8) is 0 Å². The van der Waals surface area contributed by atoms with Gasteiger partial charge >= 0.3 is 0 Å². The van der Waals surface area contributed by atoms with Crippen molar-refractivity contribution in [2.75, 3.05) is 0 Å². The molecule has 1 fully saturated rings. The van der Waals surface area contributed by atoms with Gasteiger partial charge in [0.25, 0.3) is 0 Å². The summed E-state index contributed by atoms with van der Waals surface area (Å²) in [4.78, 5) is 0. The van der Waals surface area contributed by atoms with Crippen molar-refractivity contribution >= 4 is 0 Å². The predicted molar refractivity (Wildman–Crippen MR) is 67.6 cm³/mol.